The first-order valence-corrected chi connectivity index (χ1v) is 6.35. The summed E-state index contributed by atoms with van der Waals surface area (Å²) in [5.74, 6) is 0.924. The Labute approximate surface area is 108 Å². The molecule has 0 aliphatic carbocycles. The Morgan fingerprint density at radius 1 is 1.00 bits per heavy atom. The highest BCUT2D eigenvalue weighted by Crippen LogP contribution is 2.24. The van der Waals surface area contributed by atoms with E-state index in [0.717, 1.165) is 24.3 Å². The van der Waals surface area contributed by atoms with E-state index in [0.29, 0.717) is 6.54 Å². The van der Waals surface area contributed by atoms with Gasteiger partial charge in [0.05, 0.1) is 6.61 Å². The molecular formula is C16H19NO. The summed E-state index contributed by atoms with van der Waals surface area (Å²) in [5.41, 5.74) is 9.16. The first-order chi connectivity index (χ1) is 8.83. The molecule has 2 heteroatoms. The van der Waals surface area contributed by atoms with Gasteiger partial charge in [-0.3, -0.25) is 0 Å². The normalized spacial score (nSPS) is 10.3. The fourth-order valence-corrected chi connectivity index (χ4v) is 1.86. The monoisotopic (exact) mass is 241 g/mol. The highest BCUT2D eigenvalue weighted by molar-refractivity contribution is 5.65. The standard InChI is InChI=1S/C16H19NO/c1-2-9-18-16-8-4-7-15(11-16)14-6-3-5-13(10-14)12-17/h3-8,10-11H,2,9,12,17H2,1H3. The van der Waals surface area contributed by atoms with Crippen LogP contribution in [0, 0.1) is 0 Å². The van der Waals surface area contributed by atoms with Gasteiger partial charge in [-0.25, -0.2) is 0 Å². The van der Waals surface area contributed by atoms with Crippen molar-refractivity contribution in [1.82, 2.24) is 0 Å². The van der Waals surface area contributed by atoms with Gasteiger partial charge in [0.15, 0.2) is 0 Å². The molecule has 2 nitrogen and oxygen atoms in total. The van der Waals surface area contributed by atoms with Crippen molar-refractivity contribution in [3.63, 3.8) is 0 Å². The molecule has 0 fully saturated rings. The van der Waals surface area contributed by atoms with Crippen molar-refractivity contribution in [3.05, 3.63) is 54.1 Å². The van der Waals surface area contributed by atoms with Crippen LogP contribution in [0.2, 0.25) is 0 Å². The molecule has 94 valence electrons. The zero-order valence-electron chi connectivity index (χ0n) is 10.7. The molecule has 0 saturated carbocycles. The van der Waals surface area contributed by atoms with Gasteiger partial charge in [-0.1, -0.05) is 37.3 Å². The van der Waals surface area contributed by atoms with Crippen LogP contribution in [-0.4, -0.2) is 6.61 Å². The lowest BCUT2D eigenvalue weighted by Crippen LogP contribution is -1.96. The highest BCUT2D eigenvalue weighted by Gasteiger charge is 2.01. The van der Waals surface area contributed by atoms with Crippen molar-refractivity contribution in [2.75, 3.05) is 6.61 Å². The van der Waals surface area contributed by atoms with Gasteiger partial charge in [-0.15, -0.1) is 0 Å². The van der Waals surface area contributed by atoms with E-state index in [9.17, 15) is 0 Å². The van der Waals surface area contributed by atoms with Crippen LogP contribution in [0.5, 0.6) is 5.75 Å². The van der Waals surface area contributed by atoms with Crippen LogP contribution >= 0.6 is 0 Å². The van der Waals surface area contributed by atoms with Crippen molar-refractivity contribution >= 4 is 0 Å². The van der Waals surface area contributed by atoms with Crippen LogP contribution in [0.1, 0.15) is 18.9 Å². The molecule has 0 saturated heterocycles. The molecule has 0 heterocycles. The van der Waals surface area contributed by atoms with Crippen LogP contribution in [-0.2, 0) is 6.54 Å². The molecule has 0 unspecified atom stereocenters. The molecule has 2 N–H and O–H groups in total. The quantitative estimate of drug-likeness (QED) is 0.868. The zero-order chi connectivity index (χ0) is 12.8. The third-order valence-corrected chi connectivity index (χ3v) is 2.80. The Balaban J connectivity index is 2.26. The fraction of sp³-hybridized carbons (Fsp3) is 0.250. The molecule has 2 aromatic rings. The van der Waals surface area contributed by atoms with E-state index < -0.39 is 0 Å². The summed E-state index contributed by atoms with van der Waals surface area (Å²) < 4.78 is 5.65. The van der Waals surface area contributed by atoms with E-state index in [1.54, 1.807) is 0 Å². The SMILES string of the molecule is CCCOc1cccc(-c2cccc(CN)c2)c1. The summed E-state index contributed by atoms with van der Waals surface area (Å²) in [4.78, 5) is 0. The minimum absolute atomic E-state index is 0.569. The van der Waals surface area contributed by atoms with E-state index in [4.69, 9.17) is 10.5 Å². The Bertz CT molecular complexity index is 508. The summed E-state index contributed by atoms with van der Waals surface area (Å²) in [7, 11) is 0. The van der Waals surface area contributed by atoms with Crippen molar-refractivity contribution in [2.24, 2.45) is 5.73 Å². The second-order valence-electron chi connectivity index (χ2n) is 4.28. The first kappa shape index (κ1) is 12.7. The lowest BCUT2D eigenvalue weighted by Gasteiger charge is -2.08. The molecule has 0 amide bonds. The summed E-state index contributed by atoms with van der Waals surface area (Å²) in [5, 5.41) is 0. The Hall–Kier alpha value is -1.80. The minimum Gasteiger partial charge on any atom is -0.494 e. The highest BCUT2D eigenvalue weighted by atomic mass is 16.5. The molecule has 0 aliphatic rings. The van der Waals surface area contributed by atoms with Crippen molar-refractivity contribution < 1.29 is 4.74 Å². The molecule has 0 atom stereocenters. The molecule has 0 spiro atoms. The van der Waals surface area contributed by atoms with Gasteiger partial charge < -0.3 is 10.5 Å². The summed E-state index contributed by atoms with van der Waals surface area (Å²) in [6, 6.07) is 16.5. The molecule has 2 aromatic carbocycles. The first-order valence-electron chi connectivity index (χ1n) is 6.35. The Morgan fingerprint density at radius 3 is 2.44 bits per heavy atom. The van der Waals surface area contributed by atoms with Crippen LogP contribution in [0.25, 0.3) is 11.1 Å². The molecule has 0 aliphatic heterocycles. The van der Waals surface area contributed by atoms with Crippen molar-refractivity contribution in [1.29, 1.82) is 0 Å². The van der Waals surface area contributed by atoms with Crippen LogP contribution in [0.15, 0.2) is 48.5 Å². The second-order valence-corrected chi connectivity index (χ2v) is 4.28. The van der Waals surface area contributed by atoms with Gasteiger partial charge in [-0.05, 0) is 41.3 Å². The third kappa shape index (κ3) is 3.11. The number of nitrogens with two attached hydrogens (primary N) is 1. The van der Waals surface area contributed by atoms with Gasteiger partial charge in [0.25, 0.3) is 0 Å². The zero-order valence-corrected chi connectivity index (χ0v) is 10.7. The summed E-state index contributed by atoms with van der Waals surface area (Å²) in [6.07, 6.45) is 1.02. The van der Waals surface area contributed by atoms with E-state index in [2.05, 4.69) is 31.2 Å². The Kier molecular flexibility index (Phi) is 4.37. The maximum absolute atomic E-state index is 5.67. The van der Waals surface area contributed by atoms with E-state index >= 15 is 0 Å². The smallest absolute Gasteiger partial charge is 0.119 e. The number of hydrogen-bond acceptors (Lipinski definition) is 2. The molecule has 0 aromatic heterocycles. The second kappa shape index (κ2) is 6.22. The third-order valence-electron chi connectivity index (χ3n) is 2.80. The lowest BCUT2D eigenvalue weighted by molar-refractivity contribution is 0.317. The number of rotatable bonds is 5. The van der Waals surface area contributed by atoms with Crippen molar-refractivity contribution in [2.45, 2.75) is 19.9 Å². The van der Waals surface area contributed by atoms with Gasteiger partial charge >= 0.3 is 0 Å². The topological polar surface area (TPSA) is 35.2 Å². The fourth-order valence-electron chi connectivity index (χ4n) is 1.86. The van der Waals surface area contributed by atoms with Gasteiger partial charge in [0.2, 0.25) is 0 Å². The van der Waals surface area contributed by atoms with Gasteiger partial charge in [0, 0.05) is 6.54 Å². The predicted molar refractivity (Wildman–Crippen MR) is 75.6 cm³/mol. The predicted octanol–water partition coefficient (Wildman–Crippen LogP) is 3.60. The molecule has 2 rings (SSSR count). The lowest BCUT2D eigenvalue weighted by atomic mass is 10.0. The minimum atomic E-state index is 0.569. The van der Waals surface area contributed by atoms with Crippen LogP contribution < -0.4 is 10.5 Å². The average molecular weight is 241 g/mol. The molecule has 0 radical (unpaired) electrons. The van der Waals surface area contributed by atoms with E-state index in [1.165, 1.54) is 11.1 Å². The maximum Gasteiger partial charge on any atom is 0.119 e. The number of hydrogen-bond donors (Lipinski definition) is 1. The van der Waals surface area contributed by atoms with Crippen LogP contribution in [0.3, 0.4) is 0 Å². The summed E-state index contributed by atoms with van der Waals surface area (Å²) in [6.45, 7) is 3.43. The largest absolute Gasteiger partial charge is 0.494 e. The van der Waals surface area contributed by atoms with E-state index in [-0.39, 0.29) is 0 Å². The molecular weight excluding hydrogens is 222 g/mol. The van der Waals surface area contributed by atoms with E-state index in [1.807, 2.05) is 24.3 Å². The van der Waals surface area contributed by atoms with Gasteiger partial charge in [0.1, 0.15) is 5.75 Å². The Morgan fingerprint density at radius 2 is 1.72 bits per heavy atom. The number of ether oxygens (including phenoxy) is 1. The average Bonchev–Trinajstić information content (AvgIpc) is 2.45. The van der Waals surface area contributed by atoms with Gasteiger partial charge in [-0.2, -0.15) is 0 Å². The molecule has 18 heavy (non-hydrogen) atoms. The summed E-state index contributed by atoms with van der Waals surface area (Å²) >= 11 is 0. The number of benzene rings is 2. The van der Waals surface area contributed by atoms with Crippen molar-refractivity contribution in [3.8, 4) is 16.9 Å². The molecule has 0 bridgehead atoms. The maximum atomic E-state index is 5.67. The van der Waals surface area contributed by atoms with Crippen LogP contribution in [0.4, 0.5) is 0 Å².